The van der Waals surface area contributed by atoms with E-state index in [1.807, 2.05) is 13.8 Å². The zero-order chi connectivity index (χ0) is 35.1. The number of rotatable bonds is 11. The molecule has 4 rings (SSSR count). The van der Waals surface area contributed by atoms with E-state index in [2.05, 4.69) is 16.0 Å². The van der Waals surface area contributed by atoms with Crippen molar-refractivity contribution in [2.45, 2.75) is 111 Å². The predicted molar refractivity (Wildman–Crippen MR) is 174 cm³/mol. The number of hydrogen-bond acceptors (Lipinski definition) is 7. The molecule has 0 aromatic heterocycles. The minimum atomic E-state index is -1.14. The highest BCUT2D eigenvalue weighted by molar-refractivity contribution is 6.37. The number of hydrogen-bond donors (Lipinski definition) is 4. The number of esters is 1. The molecule has 5 amide bonds. The molecule has 2 aliphatic carbocycles. The van der Waals surface area contributed by atoms with Crippen molar-refractivity contribution in [3.05, 3.63) is 35.9 Å². The number of ketones is 1. The third kappa shape index (κ3) is 8.13. The van der Waals surface area contributed by atoms with E-state index < -0.39 is 70.7 Å². The number of carbonyl (C=O) groups is 6. The van der Waals surface area contributed by atoms with E-state index in [1.54, 1.807) is 71.9 Å². The van der Waals surface area contributed by atoms with Crippen LogP contribution in [-0.2, 0) is 28.7 Å². The summed E-state index contributed by atoms with van der Waals surface area (Å²) in [6, 6.07) is 3.74. The minimum absolute atomic E-state index is 0.0446. The number of nitrogens with one attached hydrogen (secondary N) is 3. The number of primary amides is 1. The number of carbonyl (C=O) groups excluding carboxylic acids is 6. The molecule has 47 heavy (non-hydrogen) atoms. The van der Waals surface area contributed by atoms with Gasteiger partial charge in [-0.3, -0.25) is 19.2 Å². The summed E-state index contributed by atoms with van der Waals surface area (Å²) in [7, 11) is 0. The molecule has 0 radical (unpaired) electrons. The van der Waals surface area contributed by atoms with E-state index in [9.17, 15) is 28.8 Å². The van der Waals surface area contributed by atoms with Crippen LogP contribution in [0.3, 0.4) is 0 Å². The number of likely N-dealkylation sites (tertiary alicyclic amines) is 1. The Bertz CT molecular complexity index is 1390. The Labute approximate surface area is 277 Å². The molecule has 0 spiro atoms. The molecule has 2 saturated carbocycles. The van der Waals surface area contributed by atoms with E-state index in [4.69, 9.17) is 10.5 Å². The van der Waals surface area contributed by atoms with Gasteiger partial charge in [0.2, 0.25) is 17.6 Å². The molecule has 12 nitrogen and oxygen atoms in total. The summed E-state index contributed by atoms with van der Waals surface area (Å²) in [5.41, 5.74) is 4.03. The third-order valence-electron chi connectivity index (χ3n) is 9.87. The van der Waals surface area contributed by atoms with Crippen LogP contribution in [0.15, 0.2) is 30.3 Å². The van der Waals surface area contributed by atoms with E-state index in [-0.39, 0.29) is 23.2 Å². The molecule has 6 atom stereocenters. The maximum absolute atomic E-state index is 14.3. The second-order valence-corrected chi connectivity index (χ2v) is 16.0. The average Bonchev–Trinajstić information content (AvgIpc) is 3.25. The number of benzene rings is 1. The summed E-state index contributed by atoms with van der Waals surface area (Å²) in [5, 5.41) is 8.25. The SMILES string of the molecule is CC(C)(C)OC(=O)[C@H](NC(=O)N[C@H](C(=O)N1C[C@H]2[C@@H]([C@H]1C(=O)NC(CC1CCC1)C(=O)C(N)=O)C2(C)C)C(C)(C)C)c1ccccc1. The summed E-state index contributed by atoms with van der Waals surface area (Å²) in [6.45, 7) is 15.0. The van der Waals surface area contributed by atoms with Gasteiger partial charge in [-0.1, -0.05) is 84.2 Å². The molecule has 1 aromatic rings. The number of amides is 5. The number of piperidine rings is 1. The number of fused-ring (bicyclic) bond motifs is 1. The van der Waals surface area contributed by atoms with Crippen LogP contribution in [0.25, 0.3) is 0 Å². The highest BCUT2D eigenvalue weighted by atomic mass is 16.6. The molecule has 3 fully saturated rings. The number of urea groups is 1. The molecular formula is C35H51N5O7. The van der Waals surface area contributed by atoms with Gasteiger partial charge < -0.3 is 31.3 Å². The molecule has 1 unspecified atom stereocenters. The van der Waals surface area contributed by atoms with Crippen LogP contribution in [0, 0.1) is 28.6 Å². The van der Waals surface area contributed by atoms with Crippen molar-refractivity contribution in [3.8, 4) is 0 Å². The fourth-order valence-electron chi connectivity index (χ4n) is 6.94. The first-order chi connectivity index (χ1) is 21.7. The van der Waals surface area contributed by atoms with E-state index in [1.165, 1.54) is 4.90 Å². The lowest BCUT2D eigenvalue weighted by atomic mass is 9.80. The summed E-state index contributed by atoms with van der Waals surface area (Å²) < 4.78 is 5.58. The molecule has 5 N–H and O–H groups in total. The predicted octanol–water partition coefficient (Wildman–Crippen LogP) is 3.00. The zero-order valence-corrected chi connectivity index (χ0v) is 28.8. The van der Waals surface area contributed by atoms with Crippen LogP contribution in [0.5, 0.6) is 0 Å². The van der Waals surface area contributed by atoms with Gasteiger partial charge in [0.15, 0.2) is 6.04 Å². The number of Topliss-reactive ketones (excluding diaryl/α,β-unsaturated/α-hetero) is 1. The summed E-state index contributed by atoms with van der Waals surface area (Å²) >= 11 is 0. The molecular weight excluding hydrogens is 602 g/mol. The first kappa shape index (κ1) is 35.9. The Hall–Kier alpha value is -3.96. The van der Waals surface area contributed by atoms with Gasteiger partial charge in [0, 0.05) is 6.54 Å². The van der Waals surface area contributed by atoms with Gasteiger partial charge >= 0.3 is 12.0 Å². The second kappa shape index (κ2) is 13.3. The summed E-state index contributed by atoms with van der Waals surface area (Å²) in [4.78, 5) is 81.0. The standard InChI is InChI=1S/C35H51N5O7/c1-33(2,3)27(39-32(46)38-24(20-15-10-9-11-16-20)31(45)47-34(4,5)6)30(44)40-18-21-23(35(21,7)8)25(40)29(43)37-22(26(41)28(36)42)17-19-13-12-14-19/h9-11,15-16,19,21-25,27H,12-14,17-18H2,1-8H3,(H2,36,42)(H,37,43)(H2,38,39,46)/t21-,22?,23-,24+,25-,27+/m0/s1. The highest BCUT2D eigenvalue weighted by Crippen LogP contribution is 2.65. The molecule has 12 heteroatoms. The lowest BCUT2D eigenvalue weighted by Crippen LogP contribution is -2.61. The van der Waals surface area contributed by atoms with Gasteiger partial charge in [-0.05, 0) is 61.3 Å². The molecule has 1 aliphatic heterocycles. The van der Waals surface area contributed by atoms with E-state index in [0.717, 1.165) is 19.3 Å². The van der Waals surface area contributed by atoms with Gasteiger partial charge in [-0.25, -0.2) is 9.59 Å². The van der Waals surface area contributed by atoms with Crippen molar-refractivity contribution in [2.75, 3.05) is 6.54 Å². The fraction of sp³-hybridized carbons (Fsp3) is 0.657. The van der Waals surface area contributed by atoms with Gasteiger partial charge in [0.1, 0.15) is 17.7 Å². The van der Waals surface area contributed by atoms with Crippen molar-refractivity contribution in [3.63, 3.8) is 0 Å². The average molecular weight is 654 g/mol. The van der Waals surface area contributed by atoms with Crippen LogP contribution >= 0.6 is 0 Å². The van der Waals surface area contributed by atoms with Crippen molar-refractivity contribution in [2.24, 2.45) is 34.3 Å². The normalized spacial score (nSPS) is 23.7. The van der Waals surface area contributed by atoms with Crippen LogP contribution < -0.4 is 21.7 Å². The molecule has 1 aromatic carbocycles. The summed E-state index contributed by atoms with van der Waals surface area (Å²) in [6.07, 6.45) is 3.16. The van der Waals surface area contributed by atoms with Crippen molar-refractivity contribution in [1.29, 1.82) is 0 Å². The molecule has 0 bridgehead atoms. The molecule has 258 valence electrons. The molecule has 1 saturated heterocycles. The van der Waals surface area contributed by atoms with Gasteiger partial charge in [0.25, 0.3) is 5.91 Å². The second-order valence-electron chi connectivity index (χ2n) is 16.0. The zero-order valence-electron chi connectivity index (χ0n) is 28.8. The Morgan fingerprint density at radius 2 is 1.57 bits per heavy atom. The monoisotopic (exact) mass is 653 g/mol. The van der Waals surface area contributed by atoms with Crippen molar-refractivity contribution < 1.29 is 33.5 Å². The Morgan fingerprint density at radius 3 is 2.09 bits per heavy atom. The maximum Gasteiger partial charge on any atom is 0.333 e. The van der Waals surface area contributed by atoms with Gasteiger partial charge in [-0.2, -0.15) is 0 Å². The van der Waals surface area contributed by atoms with Gasteiger partial charge in [0.05, 0.1) is 6.04 Å². The Kier molecular flexibility index (Phi) is 10.1. The number of nitrogens with zero attached hydrogens (tertiary/aromatic N) is 1. The van der Waals surface area contributed by atoms with Crippen LogP contribution in [0.2, 0.25) is 0 Å². The lowest BCUT2D eigenvalue weighted by molar-refractivity contribution is -0.157. The van der Waals surface area contributed by atoms with Crippen LogP contribution in [-0.4, -0.2) is 70.7 Å². The largest absolute Gasteiger partial charge is 0.458 e. The summed E-state index contributed by atoms with van der Waals surface area (Å²) in [5.74, 6) is -3.49. The van der Waals surface area contributed by atoms with Crippen LogP contribution in [0.4, 0.5) is 4.79 Å². The Morgan fingerprint density at radius 1 is 0.957 bits per heavy atom. The van der Waals surface area contributed by atoms with Crippen LogP contribution in [0.1, 0.15) is 92.7 Å². The molecule has 3 aliphatic rings. The first-order valence-corrected chi connectivity index (χ1v) is 16.5. The highest BCUT2D eigenvalue weighted by Gasteiger charge is 2.70. The van der Waals surface area contributed by atoms with Crippen molar-refractivity contribution >= 4 is 35.5 Å². The number of ether oxygens (including phenoxy) is 1. The third-order valence-corrected chi connectivity index (χ3v) is 9.87. The maximum atomic E-state index is 14.3. The number of nitrogens with two attached hydrogens (primary N) is 1. The fourth-order valence-corrected chi connectivity index (χ4v) is 6.94. The molecule has 1 heterocycles. The Balaban J connectivity index is 1.55. The quantitative estimate of drug-likeness (QED) is 0.210. The smallest absolute Gasteiger partial charge is 0.333 e. The lowest BCUT2D eigenvalue weighted by Gasteiger charge is -2.38. The van der Waals surface area contributed by atoms with E-state index in [0.29, 0.717) is 18.5 Å². The topological polar surface area (TPSA) is 177 Å². The van der Waals surface area contributed by atoms with Gasteiger partial charge in [-0.15, -0.1) is 0 Å². The van der Waals surface area contributed by atoms with Crippen molar-refractivity contribution in [1.82, 2.24) is 20.9 Å². The van der Waals surface area contributed by atoms with E-state index >= 15 is 0 Å². The minimum Gasteiger partial charge on any atom is -0.458 e. The first-order valence-electron chi connectivity index (χ1n) is 16.5.